The number of nitrogen functional groups attached to an aromatic ring is 6. The molecule has 0 unspecified atom stereocenters. The third-order valence-electron chi connectivity index (χ3n) is 18.4. The fraction of sp³-hybridized carbons (Fsp3) is 0.443. The maximum absolute atomic E-state index is 11.8. The van der Waals surface area contributed by atoms with Crippen molar-refractivity contribution in [1.82, 2.24) is 38.6 Å². The first-order chi connectivity index (χ1) is 49.0. The number of piperidine rings is 2. The van der Waals surface area contributed by atoms with Crippen LogP contribution in [0.15, 0.2) is 164 Å². The number of nitrogens with zero attached hydrogens (tertiary/aromatic N) is 9. The summed E-state index contributed by atoms with van der Waals surface area (Å²) in [6.45, 7) is 22.8. The Balaban J connectivity index is 0.000000172. The van der Waals surface area contributed by atoms with Crippen LogP contribution in [0.1, 0.15) is 61.6 Å². The molecule has 2 amide bonds. The number of anilines is 9. The summed E-state index contributed by atoms with van der Waals surface area (Å²) in [5.41, 5.74) is 47.7. The van der Waals surface area contributed by atoms with Crippen molar-refractivity contribution in [3.05, 3.63) is 180 Å². The maximum atomic E-state index is 11.8. The first-order valence-corrected chi connectivity index (χ1v) is 37.9. The Bertz CT molecular complexity index is 3680. The van der Waals surface area contributed by atoms with Gasteiger partial charge in [0.2, 0.25) is 21.8 Å². The van der Waals surface area contributed by atoms with Gasteiger partial charge in [0.1, 0.15) is 12.4 Å². The zero-order chi connectivity index (χ0) is 73.2. The molecule has 0 radical (unpaired) electrons. The number of aryl methyl sites for hydroxylation is 1. The minimum Gasteiger partial charge on any atom is -0.492 e. The number of carbonyl (C=O) groups is 2. The van der Waals surface area contributed by atoms with Crippen molar-refractivity contribution in [3.63, 3.8) is 0 Å². The van der Waals surface area contributed by atoms with Gasteiger partial charge in [-0.25, -0.2) is 8.42 Å². The van der Waals surface area contributed by atoms with Crippen LogP contribution in [0.3, 0.4) is 0 Å². The highest BCUT2D eigenvalue weighted by Gasteiger charge is 2.24. The van der Waals surface area contributed by atoms with Crippen LogP contribution < -0.4 is 54.7 Å². The second-order valence-corrected chi connectivity index (χ2v) is 29.5. The van der Waals surface area contributed by atoms with E-state index in [9.17, 15) is 18.0 Å². The van der Waals surface area contributed by atoms with Crippen LogP contribution in [0, 0.1) is 6.92 Å². The van der Waals surface area contributed by atoms with Gasteiger partial charge < -0.3 is 74.3 Å². The Hall–Kier alpha value is -8.49. The summed E-state index contributed by atoms with van der Waals surface area (Å²) in [5, 5.41) is 5.77. The molecule has 102 heavy (non-hydrogen) atoms. The molecule has 5 fully saturated rings. The van der Waals surface area contributed by atoms with Crippen molar-refractivity contribution in [2.75, 3.05) is 215 Å². The number of hydrogen-bond acceptors (Lipinski definition) is 19. The predicted molar refractivity (Wildman–Crippen MR) is 426 cm³/mol. The second-order valence-electron chi connectivity index (χ2n) is 27.5. The molecule has 12 rings (SSSR count). The Kier molecular flexibility index (Phi) is 33.9. The van der Waals surface area contributed by atoms with Crippen molar-refractivity contribution in [1.29, 1.82) is 0 Å². The molecule has 0 aliphatic carbocycles. The largest absolute Gasteiger partial charge is 0.492 e. The van der Waals surface area contributed by atoms with Crippen LogP contribution in [0.25, 0.3) is 11.1 Å². The number of likely N-dealkylation sites (tertiary alicyclic amines) is 2. The maximum Gasteiger partial charge on any atom is 0.238 e. The molecule has 22 nitrogen and oxygen atoms in total. The number of nitrogens with two attached hydrogens (primary N) is 6. The van der Waals surface area contributed by atoms with E-state index in [0.717, 1.165) is 157 Å². The van der Waals surface area contributed by atoms with E-state index in [-0.39, 0.29) is 11.8 Å². The summed E-state index contributed by atoms with van der Waals surface area (Å²) in [6.07, 6.45) is 9.55. The highest BCUT2D eigenvalue weighted by Crippen LogP contribution is 2.24. The molecule has 23 heteroatoms. The monoisotopic (exact) mass is 1420 g/mol. The number of likely N-dealkylation sites (N-methyl/N-ethyl adjacent to an activating group) is 2. The molecule has 14 N–H and O–H groups in total. The molecule has 554 valence electrons. The van der Waals surface area contributed by atoms with Crippen LogP contribution in [0.4, 0.5) is 51.2 Å². The van der Waals surface area contributed by atoms with Gasteiger partial charge in [-0.1, -0.05) is 67.4 Å². The molecule has 0 saturated carbocycles. The number of nitrogens with one attached hydrogen (secondary N) is 2. The highest BCUT2D eigenvalue weighted by atomic mass is 32.2. The van der Waals surface area contributed by atoms with E-state index in [2.05, 4.69) is 114 Å². The number of amides is 2. The molecule has 7 aromatic carbocycles. The number of ether oxygens (including phenoxy) is 1. The fourth-order valence-electron chi connectivity index (χ4n) is 12.3. The van der Waals surface area contributed by atoms with E-state index in [4.69, 9.17) is 39.1 Å². The fourth-order valence-corrected chi connectivity index (χ4v) is 13.1. The van der Waals surface area contributed by atoms with Gasteiger partial charge in [-0.3, -0.25) is 24.3 Å². The van der Waals surface area contributed by atoms with Gasteiger partial charge in [-0.05, 0) is 224 Å². The van der Waals surface area contributed by atoms with Gasteiger partial charge in [0.25, 0.3) is 0 Å². The first-order valence-electron chi connectivity index (χ1n) is 36.0. The zero-order valence-corrected chi connectivity index (χ0v) is 62.3. The van der Waals surface area contributed by atoms with Crippen molar-refractivity contribution in [3.8, 4) is 16.9 Å². The third-order valence-corrected chi connectivity index (χ3v) is 19.7. The van der Waals surface area contributed by atoms with E-state index in [0.29, 0.717) is 37.4 Å². The van der Waals surface area contributed by atoms with Crippen LogP contribution >= 0.6 is 0 Å². The van der Waals surface area contributed by atoms with Crippen LogP contribution in [0.2, 0.25) is 0 Å². The molecule has 0 aromatic heterocycles. The Morgan fingerprint density at radius 1 is 0.471 bits per heavy atom. The van der Waals surface area contributed by atoms with Gasteiger partial charge in [0.05, 0.1) is 12.8 Å². The van der Waals surface area contributed by atoms with Crippen molar-refractivity contribution in [2.24, 2.45) is 0 Å². The summed E-state index contributed by atoms with van der Waals surface area (Å²) < 4.78 is 30.1. The predicted octanol–water partition coefficient (Wildman–Crippen LogP) is 9.34. The minimum absolute atomic E-state index is 0.0525. The number of rotatable bonds is 18. The van der Waals surface area contributed by atoms with Crippen LogP contribution in [-0.4, -0.2) is 224 Å². The molecule has 5 aliphatic heterocycles. The molecule has 0 atom stereocenters. The highest BCUT2D eigenvalue weighted by molar-refractivity contribution is 7.88. The van der Waals surface area contributed by atoms with E-state index < -0.39 is 10.0 Å². The molecule has 0 spiro atoms. The first kappa shape index (κ1) is 80.8. The smallest absolute Gasteiger partial charge is 0.238 e. The molecule has 0 bridgehead atoms. The molecule has 5 saturated heterocycles. The summed E-state index contributed by atoms with van der Waals surface area (Å²) in [7, 11) is 5.40. The molecule has 7 aromatic rings. The number of hydrogen-bond donors (Lipinski definition) is 8. The molecule has 5 heterocycles. The van der Waals surface area contributed by atoms with E-state index in [1.54, 1.807) is 24.3 Å². The van der Waals surface area contributed by atoms with Gasteiger partial charge >= 0.3 is 0 Å². The lowest BCUT2D eigenvalue weighted by molar-refractivity contribution is -0.118. The molecule has 5 aliphatic rings. The van der Waals surface area contributed by atoms with Gasteiger partial charge in [-0.15, -0.1) is 0 Å². The van der Waals surface area contributed by atoms with Crippen LogP contribution in [0.5, 0.6) is 5.75 Å². The summed E-state index contributed by atoms with van der Waals surface area (Å²) in [6, 6.07) is 52.8. The van der Waals surface area contributed by atoms with Crippen molar-refractivity contribution in [2.45, 2.75) is 65.0 Å². The van der Waals surface area contributed by atoms with Crippen molar-refractivity contribution < 1.29 is 22.7 Å². The number of carbonyl (C=O) groups excluding carboxylic acids is 2. The lowest BCUT2D eigenvalue weighted by atomic mass is 10.0. The van der Waals surface area contributed by atoms with Gasteiger partial charge in [-0.2, -0.15) is 4.31 Å². The average Bonchev–Trinajstić information content (AvgIpc) is 0.860. The lowest BCUT2D eigenvalue weighted by Crippen LogP contribution is -2.47. The van der Waals surface area contributed by atoms with E-state index in [1.807, 2.05) is 110 Å². The van der Waals surface area contributed by atoms with Crippen LogP contribution in [-0.2, 0) is 32.7 Å². The molecular formula is C79H117N17O5S. The Morgan fingerprint density at radius 2 is 0.980 bits per heavy atom. The number of benzene rings is 7. The lowest BCUT2D eigenvalue weighted by Gasteiger charge is -2.34. The average molecular weight is 1420 g/mol. The quantitative estimate of drug-likeness (QED) is 0.0371. The summed E-state index contributed by atoms with van der Waals surface area (Å²) >= 11 is 0. The normalized spacial score (nSPS) is 16.5. The molecular weight excluding hydrogens is 1300 g/mol. The number of piperazine rings is 3. The summed E-state index contributed by atoms with van der Waals surface area (Å²) in [4.78, 5) is 42.1. The van der Waals surface area contributed by atoms with Gasteiger partial charge in [0.15, 0.2) is 0 Å². The Labute approximate surface area is 608 Å². The standard InChI is InChI=1S/C15H18N2.C14H22N4O.C14H22N2O.C13H19N3O.C12H19N3O2S.C11H17N3/c1-17(2)11-12-6-8-13(9-7-12)14-4-3-5-15(16)10-14;1-17-8-10-18(11-9-17)7-6-14(19)16-13-4-2-12(15)3-5-13;1-12-11-13(5-6-14(12)15)17-10-9-16-7-3-2-4-8-16;14-11-4-6-12(7-5-11)15-13(17)10-16-8-2-1-3-9-16;1-18(16,17)15-7-5-14(6-8-15)10-11-3-2-4-12(13)9-11;1-13-5-7-14(8-6-13)11-4-2-3-10(12)9-11/h3-10H,11,16H2,1-2H3;2-5H,6-11,15H2,1H3,(H,16,19);5-6,11H,2-4,7-10,15H2,1H3;4-7H,1-3,8-10,14H2,(H,15,17);2-4,9H,5-8,10,13H2,1H3;2-4,9H,5-8,12H2,1H3. The second kappa shape index (κ2) is 42.8. The summed E-state index contributed by atoms with van der Waals surface area (Å²) in [5.74, 6) is 1.04. The topological polar surface area (TPSA) is 287 Å². The SMILES string of the molecule is CN(C)Cc1ccc(-c2cccc(N)c2)cc1.CN1CCN(CCC(=O)Nc2ccc(N)cc2)CC1.CN1CCN(c2cccc(N)c2)CC1.CS(=O)(=O)N1CCN(Cc2cccc(N)c2)CC1.Cc1cc(OCCN2CCCCC2)ccc1N.Nc1ccc(NC(=O)CN2CCCCC2)cc1. The minimum atomic E-state index is -3.04. The van der Waals surface area contributed by atoms with Crippen molar-refractivity contribution >= 4 is 73.0 Å². The van der Waals surface area contributed by atoms with E-state index >= 15 is 0 Å². The zero-order valence-electron chi connectivity index (χ0n) is 61.5. The van der Waals surface area contributed by atoms with E-state index in [1.165, 1.54) is 90.1 Å². The number of sulfonamides is 1. The third kappa shape index (κ3) is 31.0. The van der Waals surface area contributed by atoms with Gasteiger partial charge in [0, 0.05) is 162 Å². The Morgan fingerprint density at radius 3 is 1.52 bits per heavy atom.